The van der Waals surface area contributed by atoms with E-state index in [-0.39, 0.29) is 5.88 Å². The molecule has 2 N–H and O–H groups in total. The van der Waals surface area contributed by atoms with E-state index >= 15 is 0 Å². The molecular weight excluding hydrogens is 476 g/mol. The van der Waals surface area contributed by atoms with Crippen molar-refractivity contribution < 1.29 is 19.0 Å². The molecule has 0 radical (unpaired) electrons. The first-order chi connectivity index (χ1) is 18.4. The summed E-state index contributed by atoms with van der Waals surface area (Å²) in [5.41, 5.74) is 9.44. The Morgan fingerprint density at radius 3 is 2.37 bits per heavy atom. The lowest BCUT2D eigenvalue weighted by molar-refractivity contribution is -0.141. The van der Waals surface area contributed by atoms with Crippen molar-refractivity contribution in [3.63, 3.8) is 0 Å². The minimum absolute atomic E-state index is 0.0305. The summed E-state index contributed by atoms with van der Waals surface area (Å²) in [5, 5.41) is 12.0. The predicted octanol–water partition coefficient (Wildman–Crippen LogP) is 6.55. The normalized spacial score (nSPS) is 15.4. The van der Waals surface area contributed by atoms with E-state index in [0.717, 1.165) is 21.9 Å². The lowest BCUT2D eigenvalue weighted by Crippen LogP contribution is -2.28. The second-order valence-electron chi connectivity index (χ2n) is 9.60. The quantitative estimate of drug-likeness (QED) is 0.236. The fourth-order valence-electron chi connectivity index (χ4n) is 4.70. The number of nitriles is 1. The highest BCUT2D eigenvalue weighted by Crippen LogP contribution is 2.45. The average molecular weight is 505 g/mol. The third kappa shape index (κ3) is 4.79. The summed E-state index contributed by atoms with van der Waals surface area (Å²) in [7, 11) is 0. The molecule has 0 amide bonds. The fourth-order valence-corrected chi connectivity index (χ4v) is 4.70. The molecule has 0 aliphatic carbocycles. The van der Waals surface area contributed by atoms with Crippen LogP contribution in [0.1, 0.15) is 49.3 Å². The molecule has 4 aromatic carbocycles. The minimum atomic E-state index is -0.824. The van der Waals surface area contributed by atoms with E-state index in [2.05, 4.69) is 19.9 Å². The number of benzene rings is 4. The Bertz CT molecular complexity index is 1580. The molecule has 0 saturated heterocycles. The second kappa shape index (κ2) is 10.3. The summed E-state index contributed by atoms with van der Waals surface area (Å²) in [6, 6.07) is 29.0. The Morgan fingerprint density at radius 2 is 1.63 bits per heavy atom. The van der Waals surface area contributed by atoms with Crippen molar-refractivity contribution in [2.45, 2.75) is 38.7 Å². The van der Waals surface area contributed by atoms with Crippen LogP contribution in [0, 0.1) is 11.3 Å². The SMILES string of the molecule is CC(Oc1ccc(C(C)C)cc1)C(=O)Oc1ccc2c(c1)OC(N)=C(C#N)C2c1cccc2ccccc12. The highest BCUT2D eigenvalue weighted by atomic mass is 16.6. The largest absolute Gasteiger partial charge is 0.479 e. The monoisotopic (exact) mass is 504 g/mol. The number of hydrogen-bond acceptors (Lipinski definition) is 6. The standard InChI is InChI=1S/C32H28N2O4/c1-19(2)21-11-13-23(14-12-21)36-20(3)32(35)37-24-15-16-27-29(17-24)38-31(34)28(18-33)30(27)26-10-6-8-22-7-4-5-9-25(22)26/h4-17,19-20,30H,34H2,1-3H3. The van der Waals surface area contributed by atoms with Crippen molar-refractivity contribution in [2.75, 3.05) is 0 Å². The smallest absolute Gasteiger partial charge is 0.352 e. The van der Waals surface area contributed by atoms with Gasteiger partial charge < -0.3 is 19.9 Å². The van der Waals surface area contributed by atoms with Crippen LogP contribution in [0.3, 0.4) is 0 Å². The Hall–Kier alpha value is -4.76. The van der Waals surface area contributed by atoms with E-state index in [0.29, 0.717) is 28.7 Å². The van der Waals surface area contributed by atoms with E-state index in [4.69, 9.17) is 19.9 Å². The van der Waals surface area contributed by atoms with E-state index < -0.39 is 18.0 Å². The molecule has 4 aromatic rings. The van der Waals surface area contributed by atoms with Crippen LogP contribution in [0.5, 0.6) is 17.2 Å². The fraction of sp³-hybridized carbons (Fsp3) is 0.188. The number of rotatable bonds is 6. The molecule has 0 spiro atoms. The van der Waals surface area contributed by atoms with E-state index in [1.165, 1.54) is 5.56 Å². The first-order valence-corrected chi connectivity index (χ1v) is 12.5. The van der Waals surface area contributed by atoms with Gasteiger partial charge >= 0.3 is 5.97 Å². The van der Waals surface area contributed by atoms with Crippen molar-refractivity contribution >= 4 is 16.7 Å². The Labute approximate surface area is 221 Å². The summed E-state index contributed by atoms with van der Waals surface area (Å²) in [5.74, 6) is 0.796. The lowest BCUT2D eigenvalue weighted by atomic mass is 9.81. The topological polar surface area (TPSA) is 94.6 Å². The van der Waals surface area contributed by atoms with Gasteiger partial charge in [0, 0.05) is 11.6 Å². The van der Waals surface area contributed by atoms with Gasteiger partial charge in [-0.15, -0.1) is 0 Å². The highest BCUT2D eigenvalue weighted by Gasteiger charge is 2.32. The van der Waals surface area contributed by atoms with Crippen LogP contribution < -0.4 is 19.9 Å². The lowest BCUT2D eigenvalue weighted by Gasteiger charge is -2.27. The Morgan fingerprint density at radius 1 is 0.921 bits per heavy atom. The van der Waals surface area contributed by atoms with E-state index in [1.54, 1.807) is 19.1 Å². The molecule has 2 atom stereocenters. The van der Waals surface area contributed by atoms with Crippen LogP contribution in [0.2, 0.25) is 0 Å². The summed E-state index contributed by atoms with van der Waals surface area (Å²) in [4.78, 5) is 12.8. The average Bonchev–Trinajstić information content (AvgIpc) is 2.92. The van der Waals surface area contributed by atoms with Gasteiger partial charge in [0.15, 0.2) is 6.10 Å². The van der Waals surface area contributed by atoms with Crippen molar-refractivity contribution in [3.8, 4) is 23.3 Å². The molecule has 5 rings (SSSR count). The summed E-state index contributed by atoms with van der Waals surface area (Å²) >= 11 is 0. The maximum Gasteiger partial charge on any atom is 0.352 e. The highest BCUT2D eigenvalue weighted by molar-refractivity contribution is 5.87. The first-order valence-electron chi connectivity index (χ1n) is 12.5. The number of ether oxygens (including phenoxy) is 3. The third-order valence-electron chi connectivity index (χ3n) is 6.73. The molecule has 0 saturated carbocycles. The number of hydrogen-bond donors (Lipinski definition) is 1. The third-order valence-corrected chi connectivity index (χ3v) is 6.73. The first kappa shape index (κ1) is 24.9. The zero-order valence-electron chi connectivity index (χ0n) is 21.5. The Kier molecular flexibility index (Phi) is 6.76. The molecule has 6 nitrogen and oxygen atoms in total. The van der Waals surface area contributed by atoms with Crippen LogP contribution in [-0.4, -0.2) is 12.1 Å². The molecule has 1 aliphatic heterocycles. The van der Waals surface area contributed by atoms with Crippen molar-refractivity contribution in [3.05, 3.63) is 113 Å². The van der Waals surface area contributed by atoms with Crippen LogP contribution in [0.4, 0.5) is 0 Å². The number of nitrogens with zero attached hydrogens (tertiary/aromatic N) is 1. The van der Waals surface area contributed by atoms with Gasteiger partial charge in [0.05, 0.1) is 5.92 Å². The van der Waals surface area contributed by atoms with Gasteiger partial charge in [0.1, 0.15) is 28.9 Å². The molecule has 190 valence electrons. The minimum Gasteiger partial charge on any atom is -0.479 e. The van der Waals surface area contributed by atoms with Gasteiger partial charge in [0.2, 0.25) is 5.88 Å². The van der Waals surface area contributed by atoms with Crippen LogP contribution in [0.15, 0.2) is 96.4 Å². The molecule has 2 unspecified atom stereocenters. The van der Waals surface area contributed by atoms with Crippen molar-refractivity contribution in [1.82, 2.24) is 0 Å². The summed E-state index contributed by atoms with van der Waals surface area (Å²) in [6.45, 7) is 5.88. The number of carbonyl (C=O) groups excluding carboxylic acids is 1. The van der Waals surface area contributed by atoms with Gasteiger partial charge in [-0.25, -0.2) is 4.79 Å². The predicted molar refractivity (Wildman–Crippen MR) is 146 cm³/mol. The Balaban J connectivity index is 1.40. The summed E-state index contributed by atoms with van der Waals surface area (Å²) < 4.78 is 17.2. The number of carbonyl (C=O) groups is 1. The van der Waals surface area contributed by atoms with Gasteiger partial charge in [0.25, 0.3) is 0 Å². The zero-order chi connectivity index (χ0) is 26.8. The molecule has 38 heavy (non-hydrogen) atoms. The van der Waals surface area contributed by atoms with E-state index in [1.807, 2.05) is 72.8 Å². The van der Waals surface area contributed by atoms with Crippen LogP contribution in [0.25, 0.3) is 10.8 Å². The number of allylic oxidation sites excluding steroid dienone is 1. The van der Waals surface area contributed by atoms with Gasteiger partial charge in [-0.05, 0) is 52.9 Å². The van der Waals surface area contributed by atoms with Crippen LogP contribution >= 0.6 is 0 Å². The maximum absolute atomic E-state index is 12.8. The summed E-state index contributed by atoms with van der Waals surface area (Å²) in [6.07, 6.45) is -0.824. The molecule has 0 fully saturated rings. The van der Waals surface area contributed by atoms with Gasteiger partial charge in [-0.3, -0.25) is 0 Å². The van der Waals surface area contributed by atoms with Crippen LogP contribution in [-0.2, 0) is 4.79 Å². The van der Waals surface area contributed by atoms with Gasteiger partial charge in [-0.1, -0.05) is 74.5 Å². The molecule has 1 aliphatic rings. The number of nitrogens with two attached hydrogens (primary N) is 1. The molecule has 0 aromatic heterocycles. The molecule has 1 heterocycles. The van der Waals surface area contributed by atoms with Crippen molar-refractivity contribution in [1.29, 1.82) is 5.26 Å². The molecular formula is C32H28N2O4. The van der Waals surface area contributed by atoms with Gasteiger partial charge in [-0.2, -0.15) is 5.26 Å². The van der Waals surface area contributed by atoms with Crippen molar-refractivity contribution in [2.24, 2.45) is 5.73 Å². The maximum atomic E-state index is 12.8. The molecule has 6 heteroatoms. The number of esters is 1. The zero-order valence-corrected chi connectivity index (χ0v) is 21.5. The van der Waals surface area contributed by atoms with E-state index in [9.17, 15) is 10.1 Å². The molecule has 0 bridgehead atoms. The second-order valence-corrected chi connectivity index (χ2v) is 9.60. The number of fused-ring (bicyclic) bond motifs is 2.